The molecule has 102 valence electrons. The maximum absolute atomic E-state index is 12.5. The lowest BCUT2D eigenvalue weighted by molar-refractivity contribution is -0.147. The maximum atomic E-state index is 12.5. The van der Waals surface area contributed by atoms with Crippen molar-refractivity contribution in [1.29, 1.82) is 0 Å². The Bertz CT molecular complexity index is 543. The van der Waals surface area contributed by atoms with Crippen molar-refractivity contribution in [2.75, 3.05) is 6.54 Å². The summed E-state index contributed by atoms with van der Waals surface area (Å²) in [5.41, 5.74) is 0.166. The zero-order chi connectivity index (χ0) is 14.2. The first kappa shape index (κ1) is 13.9. The van der Waals surface area contributed by atoms with Crippen molar-refractivity contribution in [3.8, 4) is 0 Å². The Morgan fingerprint density at radius 3 is 2.68 bits per heavy atom. The molecule has 1 atom stereocenters. The molecule has 1 heterocycles. The smallest absolute Gasteiger partial charge is 0.329 e. The second-order valence-corrected chi connectivity index (χ2v) is 5.54. The molecule has 0 bridgehead atoms. The highest BCUT2D eigenvalue weighted by Gasteiger charge is 2.46. The monoisotopic (exact) mass is 281 g/mol. The third-order valence-electron chi connectivity index (χ3n) is 3.77. The normalized spacial score (nSPS) is 22.6. The fraction of sp³-hybridized carbons (Fsp3) is 0.429. The number of benzene rings is 1. The van der Waals surface area contributed by atoms with Crippen molar-refractivity contribution in [3.05, 3.63) is 34.3 Å². The van der Waals surface area contributed by atoms with E-state index in [9.17, 15) is 14.7 Å². The van der Waals surface area contributed by atoms with Crippen LogP contribution in [0.3, 0.4) is 0 Å². The quantitative estimate of drug-likeness (QED) is 0.907. The first-order valence-electron chi connectivity index (χ1n) is 6.18. The molecule has 0 aromatic heterocycles. The van der Waals surface area contributed by atoms with E-state index in [0.717, 1.165) is 5.56 Å². The molecule has 1 N–H and O–H groups in total. The molecule has 1 aromatic carbocycles. The van der Waals surface area contributed by atoms with Gasteiger partial charge in [0.2, 0.25) is 0 Å². The van der Waals surface area contributed by atoms with E-state index in [1.165, 1.54) is 4.90 Å². The lowest BCUT2D eigenvalue weighted by Gasteiger charge is -2.31. The molecule has 19 heavy (non-hydrogen) atoms. The van der Waals surface area contributed by atoms with Crippen LogP contribution in [-0.4, -0.2) is 34.0 Å². The number of carboxylic acid groups (broad SMARTS) is 1. The topological polar surface area (TPSA) is 57.6 Å². The minimum Gasteiger partial charge on any atom is -0.480 e. The predicted molar refractivity (Wildman–Crippen MR) is 72.5 cm³/mol. The molecule has 0 radical (unpaired) electrons. The Balaban J connectivity index is 2.36. The zero-order valence-corrected chi connectivity index (χ0v) is 11.7. The Hall–Kier alpha value is -1.55. The fourth-order valence-corrected chi connectivity index (χ4v) is 2.75. The number of hydrogen-bond acceptors (Lipinski definition) is 2. The van der Waals surface area contributed by atoms with Crippen LogP contribution in [-0.2, 0) is 4.79 Å². The average Bonchev–Trinajstić information content (AvgIpc) is 2.72. The molecule has 1 unspecified atom stereocenters. The molecule has 1 amide bonds. The highest BCUT2D eigenvalue weighted by Crippen LogP contribution is 2.31. The summed E-state index contributed by atoms with van der Waals surface area (Å²) in [5, 5.41) is 9.90. The first-order valence-corrected chi connectivity index (χ1v) is 6.55. The lowest BCUT2D eigenvalue weighted by atomic mass is 9.98. The molecule has 0 spiro atoms. The summed E-state index contributed by atoms with van der Waals surface area (Å²) in [6.07, 6.45) is 1.20. The van der Waals surface area contributed by atoms with Crippen LogP contribution in [0, 0.1) is 6.92 Å². The van der Waals surface area contributed by atoms with Crippen molar-refractivity contribution in [2.24, 2.45) is 0 Å². The fourth-order valence-electron chi connectivity index (χ4n) is 2.52. The number of likely N-dealkylation sites (tertiary alicyclic amines) is 1. The summed E-state index contributed by atoms with van der Waals surface area (Å²) < 4.78 is 0. The molecule has 2 rings (SSSR count). The van der Waals surface area contributed by atoms with Crippen LogP contribution in [0.25, 0.3) is 0 Å². The molecule has 4 nitrogen and oxygen atoms in total. The largest absolute Gasteiger partial charge is 0.480 e. The SMILES string of the molecule is Cc1cc(Cl)ccc1C(=O)N1CCCC1(C)C(=O)O. The van der Waals surface area contributed by atoms with Crippen molar-refractivity contribution < 1.29 is 14.7 Å². The summed E-state index contributed by atoms with van der Waals surface area (Å²) in [6, 6.07) is 5.01. The van der Waals surface area contributed by atoms with Crippen LogP contribution >= 0.6 is 11.6 Å². The van der Waals surface area contributed by atoms with Gasteiger partial charge in [0.15, 0.2) is 0 Å². The van der Waals surface area contributed by atoms with E-state index >= 15 is 0 Å². The van der Waals surface area contributed by atoms with Gasteiger partial charge in [-0.15, -0.1) is 0 Å². The maximum Gasteiger partial charge on any atom is 0.329 e. The van der Waals surface area contributed by atoms with Crippen molar-refractivity contribution in [2.45, 2.75) is 32.2 Å². The van der Waals surface area contributed by atoms with Gasteiger partial charge in [-0.05, 0) is 50.5 Å². The number of aryl methyl sites for hydroxylation is 1. The average molecular weight is 282 g/mol. The summed E-state index contributed by atoms with van der Waals surface area (Å²) in [6.45, 7) is 3.88. The number of amides is 1. The van der Waals surface area contributed by atoms with Gasteiger partial charge in [0, 0.05) is 17.1 Å². The number of carboxylic acids is 1. The first-order chi connectivity index (χ1) is 8.86. The number of halogens is 1. The third kappa shape index (κ3) is 2.32. The molecule has 1 saturated heterocycles. The zero-order valence-electron chi connectivity index (χ0n) is 10.9. The van der Waals surface area contributed by atoms with E-state index in [1.807, 2.05) is 0 Å². The Kier molecular flexibility index (Phi) is 3.54. The van der Waals surface area contributed by atoms with Gasteiger partial charge in [0.25, 0.3) is 5.91 Å². The van der Waals surface area contributed by atoms with Gasteiger partial charge in [-0.2, -0.15) is 0 Å². The second kappa shape index (κ2) is 4.85. The number of hydrogen-bond donors (Lipinski definition) is 1. The van der Waals surface area contributed by atoms with Crippen molar-refractivity contribution >= 4 is 23.5 Å². The van der Waals surface area contributed by atoms with E-state index in [0.29, 0.717) is 30.0 Å². The van der Waals surface area contributed by atoms with E-state index in [2.05, 4.69) is 0 Å². The highest BCUT2D eigenvalue weighted by molar-refractivity contribution is 6.30. The number of aliphatic carboxylic acids is 1. The van der Waals surface area contributed by atoms with Crippen LogP contribution in [0.1, 0.15) is 35.7 Å². The van der Waals surface area contributed by atoms with Gasteiger partial charge in [-0.3, -0.25) is 4.79 Å². The van der Waals surface area contributed by atoms with Gasteiger partial charge in [0.05, 0.1) is 0 Å². The van der Waals surface area contributed by atoms with Gasteiger partial charge < -0.3 is 10.0 Å². The second-order valence-electron chi connectivity index (χ2n) is 5.10. The number of carbonyl (C=O) groups excluding carboxylic acids is 1. The van der Waals surface area contributed by atoms with Crippen molar-refractivity contribution in [1.82, 2.24) is 4.90 Å². The molecule has 1 fully saturated rings. The van der Waals surface area contributed by atoms with Gasteiger partial charge >= 0.3 is 5.97 Å². The molecule has 1 aliphatic heterocycles. The molecule has 5 heteroatoms. The standard InChI is InChI=1S/C14H16ClNO3/c1-9-8-10(15)4-5-11(9)12(17)16-7-3-6-14(16,2)13(18)19/h4-5,8H,3,6-7H2,1-2H3,(H,18,19). The Morgan fingerprint density at radius 2 is 2.11 bits per heavy atom. The van der Waals surface area contributed by atoms with Gasteiger partial charge in [-0.1, -0.05) is 11.6 Å². The molecular weight excluding hydrogens is 266 g/mol. The van der Waals surface area contributed by atoms with Crippen LogP contribution in [0.4, 0.5) is 0 Å². The minimum absolute atomic E-state index is 0.239. The number of rotatable bonds is 2. The van der Waals surface area contributed by atoms with E-state index in [4.69, 9.17) is 11.6 Å². The summed E-state index contributed by atoms with van der Waals surface area (Å²) in [5.74, 6) is -1.19. The van der Waals surface area contributed by atoms with E-state index < -0.39 is 11.5 Å². The predicted octanol–water partition coefficient (Wildman–Crippen LogP) is 2.73. The van der Waals surface area contributed by atoms with Gasteiger partial charge in [-0.25, -0.2) is 4.79 Å². The molecule has 0 saturated carbocycles. The molecule has 1 aliphatic rings. The van der Waals surface area contributed by atoms with E-state index in [1.54, 1.807) is 32.0 Å². The summed E-state index contributed by atoms with van der Waals surface area (Å²) in [7, 11) is 0. The molecular formula is C14H16ClNO3. The highest BCUT2D eigenvalue weighted by atomic mass is 35.5. The summed E-state index contributed by atoms with van der Waals surface area (Å²) >= 11 is 5.87. The summed E-state index contributed by atoms with van der Waals surface area (Å²) in [4.78, 5) is 25.4. The minimum atomic E-state index is -1.11. The van der Waals surface area contributed by atoms with Crippen LogP contribution in [0.2, 0.25) is 5.02 Å². The van der Waals surface area contributed by atoms with E-state index in [-0.39, 0.29) is 5.91 Å². The van der Waals surface area contributed by atoms with Crippen LogP contribution in [0.15, 0.2) is 18.2 Å². The Morgan fingerprint density at radius 1 is 1.42 bits per heavy atom. The lowest BCUT2D eigenvalue weighted by Crippen LogP contribution is -2.50. The van der Waals surface area contributed by atoms with Crippen LogP contribution in [0.5, 0.6) is 0 Å². The third-order valence-corrected chi connectivity index (χ3v) is 4.00. The van der Waals surface area contributed by atoms with Gasteiger partial charge in [0.1, 0.15) is 5.54 Å². The Labute approximate surface area is 117 Å². The number of nitrogens with zero attached hydrogens (tertiary/aromatic N) is 1. The number of carbonyl (C=O) groups is 2. The molecule has 0 aliphatic carbocycles. The molecule has 1 aromatic rings. The van der Waals surface area contributed by atoms with Crippen LogP contribution < -0.4 is 0 Å². The van der Waals surface area contributed by atoms with Crippen molar-refractivity contribution in [3.63, 3.8) is 0 Å².